The molecule has 12 nitrogen and oxygen atoms in total. The maximum Gasteiger partial charge on any atom is 0.469 e. The summed E-state index contributed by atoms with van der Waals surface area (Å²) in [6, 6.07) is 12.8. The summed E-state index contributed by atoms with van der Waals surface area (Å²) in [6.45, 7) is 29.1. The van der Waals surface area contributed by atoms with E-state index in [1.807, 2.05) is 40.0 Å². The van der Waals surface area contributed by atoms with Crippen molar-refractivity contribution in [2.75, 3.05) is 13.2 Å². The van der Waals surface area contributed by atoms with E-state index in [1.165, 1.54) is 0 Å². The Kier molecular flexibility index (Phi) is 39.8. The topological polar surface area (TPSA) is 207 Å². The van der Waals surface area contributed by atoms with Gasteiger partial charge in [-0.1, -0.05) is 40.1 Å². The van der Waals surface area contributed by atoms with E-state index in [9.17, 15) is 9.59 Å². The quantitative estimate of drug-likeness (QED) is 0.0292. The number of hydrogen-bond donors (Lipinski definition) is 0. The zero-order valence-corrected chi connectivity index (χ0v) is 45.1. The van der Waals surface area contributed by atoms with E-state index >= 15 is 0 Å². The average molecular weight is 963 g/mol. The fourth-order valence-electron chi connectivity index (χ4n) is 4.12. The highest BCUT2D eigenvalue weighted by atomic mass is 35.7. The van der Waals surface area contributed by atoms with Crippen molar-refractivity contribution in [2.45, 2.75) is 155 Å². The van der Waals surface area contributed by atoms with E-state index in [0.29, 0.717) is 74.0 Å². The van der Waals surface area contributed by atoms with Crippen LogP contribution in [0, 0.1) is 45.3 Å². The first-order valence-electron chi connectivity index (χ1n) is 19.0. The number of nitrogens with zero attached hydrogens (tertiary/aromatic N) is 4. The summed E-state index contributed by atoms with van der Waals surface area (Å²) < 4.78 is 30.4. The minimum atomic E-state index is -3.24. The number of carbonyl (C=O) groups is 2. The van der Waals surface area contributed by atoms with Crippen LogP contribution in [-0.2, 0) is 31.4 Å². The van der Waals surface area contributed by atoms with E-state index in [1.54, 1.807) is 13.8 Å². The molecule has 0 saturated heterocycles. The molecule has 0 fully saturated rings. The molecule has 0 aromatic carbocycles. The fraction of sp³-hybridized carbons (Fsp3) is 0.722. The molecule has 1 atom stereocenters. The van der Waals surface area contributed by atoms with Crippen LogP contribution in [0.25, 0.3) is 0 Å². The zero-order valence-electron chi connectivity index (χ0n) is 36.7. The number of carbonyl (C=O) groups excluding carboxylic acids is 2. The maximum atomic E-state index is 11.8. The van der Waals surface area contributed by atoms with E-state index in [0.717, 1.165) is 18.5 Å². The van der Waals surface area contributed by atoms with Gasteiger partial charge in [-0.15, -0.1) is 22.2 Å². The Morgan fingerprint density at radius 3 is 1.28 bits per heavy atom. The van der Waals surface area contributed by atoms with Crippen molar-refractivity contribution in [1.29, 1.82) is 21.0 Å². The Balaban J connectivity index is -0.000000306. The lowest BCUT2D eigenvalue weighted by atomic mass is 10.4. The second-order valence-corrected chi connectivity index (χ2v) is 44.7. The van der Waals surface area contributed by atoms with Crippen LogP contribution in [0.4, 0.5) is 0 Å². The van der Waals surface area contributed by atoms with E-state index in [-0.39, 0.29) is 18.1 Å². The second-order valence-electron chi connectivity index (χ2n) is 14.8. The molecule has 328 valence electrons. The summed E-state index contributed by atoms with van der Waals surface area (Å²) in [5, 5.41) is 35.3. The summed E-state index contributed by atoms with van der Waals surface area (Å²) in [6.07, 6.45) is 3.05. The van der Waals surface area contributed by atoms with Gasteiger partial charge in [0.05, 0.1) is 37.5 Å². The molecule has 0 aliphatic rings. The third kappa shape index (κ3) is 43.8. The van der Waals surface area contributed by atoms with Gasteiger partial charge < -0.3 is 27.3 Å². The van der Waals surface area contributed by atoms with Crippen LogP contribution in [0.5, 0.6) is 0 Å². The third-order valence-electron chi connectivity index (χ3n) is 6.97. The van der Waals surface area contributed by atoms with Crippen LogP contribution in [0.3, 0.4) is 0 Å². The minimum Gasteiger partial charge on any atom is -0.462 e. The fourth-order valence-corrected chi connectivity index (χ4v) is 22.8. The Morgan fingerprint density at radius 2 is 0.982 bits per heavy atom. The average Bonchev–Trinajstić information content (AvgIpc) is 3.08. The SMILES string of the molecule is C=C(C)C(=O)OCCC[Si](C)(Cl)Cl.C=C(C)C(=O)OCCC[Si](O[SiH](C)CCC#N)(O[Si](C)(C)CCC#N)O[Si](C)(C)CCC#N.CC.C[Si](C)(Cl)CCC#N.O. The molecule has 57 heavy (non-hydrogen) atoms. The summed E-state index contributed by atoms with van der Waals surface area (Å²) in [7, 11) is -11.1. The first-order valence-corrected chi connectivity index (χ1v) is 38.5. The molecule has 0 aliphatic carbocycles. The summed E-state index contributed by atoms with van der Waals surface area (Å²) in [5.41, 5.74) is 0.756. The van der Waals surface area contributed by atoms with Crippen LogP contribution in [0.15, 0.2) is 24.3 Å². The molecule has 0 heterocycles. The number of rotatable bonds is 24. The molecule has 0 rings (SSSR count). The van der Waals surface area contributed by atoms with Gasteiger partial charge in [0, 0.05) is 42.9 Å². The van der Waals surface area contributed by atoms with E-state index < -0.39 is 54.5 Å². The van der Waals surface area contributed by atoms with Crippen molar-refractivity contribution in [1.82, 2.24) is 0 Å². The number of hydrogen-bond acceptors (Lipinski definition) is 11. The molecule has 0 amide bonds. The lowest BCUT2D eigenvalue weighted by Gasteiger charge is -2.42. The molecular weight excluding hydrogens is 891 g/mol. The minimum absolute atomic E-state index is 0. The Hall–Kier alpha value is -1.61. The smallest absolute Gasteiger partial charge is 0.462 e. The van der Waals surface area contributed by atoms with Gasteiger partial charge in [0.25, 0.3) is 0 Å². The molecule has 0 bridgehead atoms. The Morgan fingerprint density at radius 1 is 0.632 bits per heavy atom. The van der Waals surface area contributed by atoms with Crippen molar-refractivity contribution < 1.29 is 36.9 Å². The monoisotopic (exact) mass is 960 g/mol. The first-order chi connectivity index (χ1) is 25.7. The van der Waals surface area contributed by atoms with Gasteiger partial charge in [-0.3, -0.25) is 0 Å². The number of halogens is 3. The molecule has 0 spiro atoms. The van der Waals surface area contributed by atoms with Crippen LogP contribution < -0.4 is 0 Å². The lowest BCUT2D eigenvalue weighted by Crippen LogP contribution is -2.59. The zero-order chi connectivity index (χ0) is 44.7. The van der Waals surface area contributed by atoms with Crippen LogP contribution in [-0.4, -0.2) is 79.2 Å². The Labute approximate surface area is 366 Å². The summed E-state index contributed by atoms with van der Waals surface area (Å²) >= 11 is 17.6. The maximum absolute atomic E-state index is 11.8. The molecule has 0 radical (unpaired) electrons. The second kappa shape index (κ2) is 35.2. The van der Waals surface area contributed by atoms with Crippen molar-refractivity contribution >= 4 is 93.7 Å². The van der Waals surface area contributed by atoms with Gasteiger partial charge >= 0.3 is 20.7 Å². The standard InChI is InChI=1S/C21H39N3O5Si4.C8H14Cl2O2Si.C5H10ClNSi.C2H6.H2O/c1-20(2)21(25)26-15-11-19-33(27-30(3)16-8-12-22,28-31(4,5)17-9-13-23)29-32(6,7)18-10-14-24;1-7(2)8(11)12-5-4-6-13(3,9)10;1-8(2,6)5-3-4-7;1-2;/h30H,1,8-11,15-19H2,2-7H3;1,4-6H2,2-3H3;3,5H2,1-2H3;1-2H3;1H2. The Bertz CT molecular complexity index is 1310. The molecule has 0 aliphatic heterocycles. The first kappa shape index (κ1) is 64.5. The molecule has 0 aromatic heterocycles. The lowest BCUT2D eigenvalue weighted by molar-refractivity contribution is -0.139. The van der Waals surface area contributed by atoms with E-state index in [2.05, 4.69) is 63.6 Å². The van der Waals surface area contributed by atoms with E-state index in [4.69, 9.17) is 76.1 Å². The highest BCUT2D eigenvalue weighted by molar-refractivity contribution is 7.44. The summed E-state index contributed by atoms with van der Waals surface area (Å²) in [5.74, 6) is -0.790. The van der Waals surface area contributed by atoms with Gasteiger partial charge in [0.15, 0.2) is 33.1 Å². The molecule has 0 aromatic rings. The highest BCUT2D eigenvalue weighted by Gasteiger charge is 2.50. The predicted octanol–water partition coefficient (Wildman–Crippen LogP) is 10.6. The number of ether oxygens (including phenoxy) is 2. The van der Waals surface area contributed by atoms with Crippen molar-refractivity contribution in [3.8, 4) is 24.3 Å². The summed E-state index contributed by atoms with van der Waals surface area (Å²) in [4.78, 5) is 22.7. The predicted molar refractivity (Wildman–Crippen MR) is 249 cm³/mol. The van der Waals surface area contributed by atoms with Crippen LogP contribution >= 0.6 is 33.2 Å². The highest BCUT2D eigenvalue weighted by Crippen LogP contribution is 2.32. The van der Waals surface area contributed by atoms with Gasteiger partial charge in [-0.25, -0.2) is 9.59 Å². The number of nitriles is 4. The largest absolute Gasteiger partial charge is 0.469 e. The van der Waals surface area contributed by atoms with Crippen LogP contribution in [0.1, 0.15) is 66.2 Å². The van der Waals surface area contributed by atoms with Gasteiger partial charge in [-0.2, -0.15) is 32.1 Å². The van der Waals surface area contributed by atoms with Gasteiger partial charge in [-0.05, 0) is 96.2 Å². The number of esters is 2. The molecule has 2 N–H and O–H groups in total. The van der Waals surface area contributed by atoms with Gasteiger partial charge in [0.2, 0.25) is 6.69 Å². The third-order valence-corrected chi connectivity index (χ3v) is 26.3. The van der Waals surface area contributed by atoms with Gasteiger partial charge in [0.1, 0.15) is 0 Å². The van der Waals surface area contributed by atoms with Crippen molar-refractivity contribution in [3.63, 3.8) is 0 Å². The van der Waals surface area contributed by atoms with Crippen molar-refractivity contribution in [2.24, 2.45) is 0 Å². The molecule has 21 heteroatoms. The van der Waals surface area contributed by atoms with Crippen molar-refractivity contribution in [3.05, 3.63) is 24.3 Å². The molecular formula is C36H71Cl3N4O8Si6. The normalized spacial score (nSPS) is 11.6. The molecule has 0 saturated carbocycles. The molecule has 1 unspecified atom stereocenters. The van der Waals surface area contributed by atoms with Crippen LogP contribution in [0.2, 0.25) is 88.6 Å².